The Bertz CT molecular complexity index is 435. The fraction of sp³-hybridized carbons (Fsp3) is 0.125. The van der Waals surface area contributed by atoms with E-state index in [-0.39, 0.29) is 5.11 Å². The number of nitrogens with one attached hydrogen (secondary N) is 2. The number of alkyl halides is 3. The van der Waals surface area contributed by atoms with Crippen molar-refractivity contribution in [3.63, 3.8) is 0 Å². The lowest BCUT2D eigenvalue weighted by atomic mass is 10.5. The fourth-order valence-corrected chi connectivity index (χ4v) is 1.43. The van der Waals surface area contributed by atoms with Crippen LogP contribution in [0.5, 0.6) is 0 Å². The quantitative estimate of drug-likeness (QED) is 0.414. The first-order chi connectivity index (χ1) is 7.79. The van der Waals surface area contributed by atoms with E-state index in [0.29, 0.717) is 5.82 Å². The fourth-order valence-electron chi connectivity index (χ4n) is 0.771. The van der Waals surface area contributed by atoms with Crippen LogP contribution in [-0.4, -0.2) is 19.8 Å². The van der Waals surface area contributed by atoms with Crippen LogP contribution in [0.25, 0.3) is 0 Å². The highest BCUT2D eigenvalue weighted by Gasteiger charge is 2.31. The molecule has 0 fully saturated rings. The first-order valence-electron chi connectivity index (χ1n) is 4.10. The van der Waals surface area contributed by atoms with Crippen LogP contribution in [0, 0.1) is 3.57 Å². The van der Waals surface area contributed by atoms with E-state index >= 15 is 0 Å². The summed E-state index contributed by atoms with van der Waals surface area (Å²) in [6.45, 7) is 0. The summed E-state index contributed by atoms with van der Waals surface area (Å²) < 4.78 is -1.07. The first kappa shape index (κ1) is 15.2. The number of pyridine rings is 1. The summed E-state index contributed by atoms with van der Waals surface area (Å²) in [4.78, 5) is 15.3. The lowest BCUT2D eigenvalue weighted by molar-refractivity contribution is -0.118. The summed E-state index contributed by atoms with van der Waals surface area (Å²) in [5.74, 6) is -0.342. The van der Waals surface area contributed by atoms with Crippen molar-refractivity contribution >= 4 is 86.4 Å². The van der Waals surface area contributed by atoms with Gasteiger partial charge in [-0.05, 0) is 46.9 Å². The lowest BCUT2D eigenvalue weighted by Crippen LogP contribution is -2.41. The smallest absolute Gasteiger partial charge is 0.278 e. The van der Waals surface area contributed by atoms with Crippen LogP contribution in [0.1, 0.15) is 0 Å². The standard InChI is InChI=1S/C8H5Cl3IN3OS/c9-8(10,11)6(16)15-7(17)14-5-2-1-4(12)3-13-5/h1-3H,(H2,13,14,15,16,17). The molecule has 0 aliphatic heterocycles. The van der Waals surface area contributed by atoms with E-state index in [1.807, 2.05) is 6.07 Å². The number of hydrogen-bond acceptors (Lipinski definition) is 3. The molecule has 0 aromatic carbocycles. The average Bonchev–Trinajstić information content (AvgIpc) is 2.20. The maximum Gasteiger partial charge on any atom is 0.278 e. The molecule has 92 valence electrons. The summed E-state index contributed by atoms with van der Waals surface area (Å²) in [5, 5.41) is 4.92. The molecule has 0 aliphatic carbocycles. The van der Waals surface area contributed by atoms with Gasteiger partial charge in [-0.25, -0.2) is 4.98 Å². The molecule has 0 saturated heterocycles. The van der Waals surface area contributed by atoms with Crippen molar-refractivity contribution in [3.05, 3.63) is 21.9 Å². The van der Waals surface area contributed by atoms with Gasteiger partial charge in [0.1, 0.15) is 5.82 Å². The largest absolute Gasteiger partial charge is 0.317 e. The van der Waals surface area contributed by atoms with Crippen molar-refractivity contribution in [2.24, 2.45) is 0 Å². The van der Waals surface area contributed by atoms with Gasteiger partial charge >= 0.3 is 0 Å². The number of hydrogen-bond donors (Lipinski definition) is 2. The number of carbonyl (C=O) groups excluding carboxylic acids is 1. The number of nitrogens with zero attached hydrogens (tertiary/aromatic N) is 1. The Kier molecular flexibility index (Phi) is 5.65. The van der Waals surface area contributed by atoms with E-state index in [2.05, 4.69) is 38.2 Å². The van der Waals surface area contributed by atoms with Crippen LogP contribution in [0.15, 0.2) is 18.3 Å². The Labute approximate surface area is 132 Å². The van der Waals surface area contributed by atoms with E-state index < -0.39 is 9.70 Å². The van der Waals surface area contributed by atoms with Gasteiger partial charge in [-0.3, -0.25) is 10.1 Å². The molecule has 1 heterocycles. The third kappa shape index (κ3) is 5.52. The zero-order valence-corrected chi connectivity index (χ0v) is 13.2. The second-order valence-electron chi connectivity index (χ2n) is 2.77. The average molecular weight is 424 g/mol. The number of aromatic nitrogens is 1. The molecule has 0 saturated carbocycles. The van der Waals surface area contributed by atoms with Crippen molar-refractivity contribution in [2.45, 2.75) is 3.79 Å². The molecule has 4 nitrogen and oxygen atoms in total. The normalized spacial score (nSPS) is 10.8. The molecule has 0 spiro atoms. The summed E-state index contributed by atoms with van der Waals surface area (Å²) in [6.07, 6.45) is 1.64. The SMILES string of the molecule is O=C(NC(=S)Nc1ccc(I)cn1)C(Cl)(Cl)Cl. The van der Waals surface area contributed by atoms with Crippen LogP contribution in [0.3, 0.4) is 0 Å². The van der Waals surface area contributed by atoms with Crippen molar-refractivity contribution < 1.29 is 4.79 Å². The molecular weight excluding hydrogens is 419 g/mol. The van der Waals surface area contributed by atoms with Crippen molar-refractivity contribution in [1.29, 1.82) is 0 Å². The molecule has 0 radical (unpaired) electrons. The predicted molar refractivity (Wildman–Crippen MR) is 81.6 cm³/mol. The van der Waals surface area contributed by atoms with E-state index in [1.165, 1.54) is 0 Å². The first-order valence-corrected chi connectivity index (χ1v) is 6.72. The molecule has 17 heavy (non-hydrogen) atoms. The minimum Gasteiger partial charge on any atom is -0.317 e. The Hall–Kier alpha value is 0.110. The molecule has 0 aliphatic rings. The third-order valence-electron chi connectivity index (χ3n) is 1.45. The summed E-state index contributed by atoms with van der Waals surface area (Å²) in [6, 6.07) is 3.53. The Morgan fingerprint density at radius 2 is 2.06 bits per heavy atom. The Balaban J connectivity index is 2.56. The number of halogens is 4. The minimum absolute atomic E-state index is 0.00929. The molecule has 9 heteroatoms. The van der Waals surface area contributed by atoms with Gasteiger partial charge in [-0.1, -0.05) is 34.8 Å². The van der Waals surface area contributed by atoms with Crippen LogP contribution in [0.2, 0.25) is 0 Å². The van der Waals surface area contributed by atoms with E-state index in [9.17, 15) is 4.79 Å². The highest BCUT2D eigenvalue weighted by atomic mass is 127. The summed E-state index contributed by atoms with van der Waals surface area (Å²) in [5.41, 5.74) is 0. The molecule has 0 unspecified atom stereocenters. The maximum atomic E-state index is 11.3. The van der Waals surface area contributed by atoms with Crippen molar-refractivity contribution in [2.75, 3.05) is 5.32 Å². The van der Waals surface area contributed by atoms with E-state index in [0.717, 1.165) is 3.57 Å². The lowest BCUT2D eigenvalue weighted by Gasteiger charge is -2.12. The van der Waals surface area contributed by atoms with E-state index in [4.69, 9.17) is 47.0 Å². The van der Waals surface area contributed by atoms with Gasteiger partial charge in [-0.15, -0.1) is 0 Å². The van der Waals surface area contributed by atoms with Crippen LogP contribution >= 0.6 is 69.6 Å². The summed E-state index contributed by atoms with van der Waals surface area (Å²) in [7, 11) is 0. The second kappa shape index (κ2) is 6.33. The number of rotatable bonds is 1. The van der Waals surface area contributed by atoms with Crippen molar-refractivity contribution in [3.8, 4) is 0 Å². The maximum absolute atomic E-state index is 11.3. The van der Waals surface area contributed by atoms with Crippen LogP contribution in [-0.2, 0) is 4.79 Å². The molecular formula is C8H5Cl3IN3OS. The molecule has 0 atom stereocenters. The zero-order chi connectivity index (χ0) is 13.1. The highest BCUT2D eigenvalue weighted by molar-refractivity contribution is 14.1. The monoisotopic (exact) mass is 423 g/mol. The van der Waals surface area contributed by atoms with Crippen LogP contribution in [0.4, 0.5) is 5.82 Å². The van der Waals surface area contributed by atoms with Gasteiger partial charge in [0, 0.05) is 9.77 Å². The topological polar surface area (TPSA) is 54.0 Å². The van der Waals surface area contributed by atoms with Gasteiger partial charge in [0.15, 0.2) is 5.11 Å². The van der Waals surface area contributed by atoms with Gasteiger partial charge in [0.25, 0.3) is 9.70 Å². The van der Waals surface area contributed by atoms with E-state index in [1.54, 1.807) is 12.3 Å². The summed E-state index contributed by atoms with van der Waals surface area (Å²) >= 11 is 23.1. The molecule has 0 bridgehead atoms. The van der Waals surface area contributed by atoms with Gasteiger partial charge in [-0.2, -0.15) is 0 Å². The molecule has 1 amide bonds. The van der Waals surface area contributed by atoms with Gasteiger partial charge < -0.3 is 5.32 Å². The molecule has 2 N–H and O–H groups in total. The highest BCUT2D eigenvalue weighted by Crippen LogP contribution is 2.25. The number of amides is 1. The zero-order valence-electron chi connectivity index (χ0n) is 8.01. The molecule has 1 aromatic rings. The third-order valence-corrected chi connectivity index (χ3v) is 2.81. The second-order valence-corrected chi connectivity index (χ2v) is 6.70. The van der Waals surface area contributed by atoms with Gasteiger partial charge in [0.05, 0.1) is 0 Å². The minimum atomic E-state index is -2.05. The van der Waals surface area contributed by atoms with Crippen LogP contribution < -0.4 is 10.6 Å². The molecule has 1 rings (SSSR count). The predicted octanol–water partition coefficient (Wildman–Crippen LogP) is 2.87. The number of carbonyl (C=O) groups is 1. The molecule has 1 aromatic heterocycles. The van der Waals surface area contributed by atoms with Gasteiger partial charge in [0.2, 0.25) is 0 Å². The number of thiocarbonyl (C=S) groups is 1. The Morgan fingerprint density at radius 3 is 2.53 bits per heavy atom. The number of anilines is 1. The Morgan fingerprint density at radius 1 is 1.41 bits per heavy atom. The van der Waals surface area contributed by atoms with Crippen molar-refractivity contribution in [1.82, 2.24) is 10.3 Å².